The van der Waals surface area contributed by atoms with Crippen molar-refractivity contribution in [1.29, 1.82) is 0 Å². The molecule has 0 bridgehead atoms. The number of esters is 2. The molecule has 0 spiro atoms. The molecule has 5 nitrogen and oxygen atoms in total. The van der Waals surface area contributed by atoms with Gasteiger partial charge in [0.25, 0.3) is 0 Å². The normalized spacial score (nSPS) is 13.0. The minimum atomic E-state index is -0.559. The van der Waals surface area contributed by atoms with Crippen molar-refractivity contribution in [2.24, 2.45) is 0 Å². The first-order valence-corrected chi connectivity index (χ1v) is 29.4. The molecule has 0 aromatic rings. The highest BCUT2D eigenvalue weighted by Crippen LogP contribution is 2.14. The molecule has 70 heavy (non-hydrogen) atoms. The van der Waals surface area contributed by atoms with E-state index in [0.29, 0.717) is 19.4 Å². The van der Waals surface area contributed by atoms with Crippen LogP contribution >= 0.6 is 0 Å². The summed E-state index contributed by atoms with van der Waals surface area (Å²) in [4.78, 5) is 25.6. The summed E-state index contributed by atoms with van der Waals surface area (Å²) in [5.74, 6) is -0.427. The molecule has 0 N–H and O–H groups in total. The van der Waals surface area contributed by atoms with Gasteiger partial charge in [-0.1, -0.05) is 239 Å². The number of hydrogen-bond donors (Lipinski definition) is 0. The van der Waals surface area contributed by atoms with Gasteiger partial charge in [0.1, 0.15) is 6.61 Å². The molecule has 0 aliphatic heterocycles. The number of hydrogen-bond acceptors (Lipinski definition) is 5. The Morgan fingerprint density at radius 1 is 0.329 bits per heavy atom. The van der Waals surface area contributed by atoms with Crippen LogP contribution in [-0.2, 0) is 23.8 Å². The van der Waals surface area contributed by atoms with E-state index in [9.17, 15) is 9.59 Å². The molecule has 400 valence electrons. The quantitative estimate of drug-likeness (QED) is 0.0345. The van der Waals surface area contributed by atoms with Gasteiger partial charge in [-0.25, -0.2) is 0 Å². The van der Waals surface area contributed by atoms with Crippen molar-refractivity contribution in [2.75, 3.05) is 19.8 Å². The summed E-state index contributed by atoms with van der Waals surface area (Å²) in [5, 5.41) is 0. The summed E-state index contributed by atoms with van der Waals surface area (Å²) in [5.41, 5.74) is 0. The lowest BCUT2D eigenvalue weighted by Gasteiger charge is -2.18. The third kappa shape index (κ3) is 57.1. The lowest BCUT2D eigenvalue weighted by atomic mass is 10.1. The van der Waals surface area contributed by atoms with Crippen LogP contribution in [0.1, 0.15) is 265 Å². The molecular formula is C65H110O5. The molecule has 1 unspecified atom stereocenters. The van der Waals surface area contributed by atoms with Crippen molar-refractivity contribution in [3.05, 3.63) is 109 Å². The first kappa shape index (κ1) is 66.6. The Bertz CT molecular complexity index is 1380. The molecule has 0 fully saturated rings. The van der Waals surface area contributed by atoms with E-state index in [1.165, 1.54) is 116 Å². The summed E-state index contributed by atoms with van der Waals surface area (Å²) >= 11 is 0. The van der Waals surface area contributed by atoms with Crippen molar-refractivity contribution in [3.8, 4) is 0 Å². The predicted molar refractivity (Wildman–Crippen MR) is 306 cm³/mol. The molecule has 0 rings (SSSR count). The zero-order valence-electron chi connectivity index (χ0n) is 46.0. The molecule has 0 saturated heterocycles. The van der Waals surface area contributed by atoms with Crippen LogP contribution in [0.2, 0.25) is 0 Å². The molecule has 1 atom stereocenters. The van der Waals surface area contributed by atoms with Crippen LogP contribution in [0.4, 0.5) is 0 Å². The molecular weight excluding hydrogens is 861 g/mol. The second-order valence-electron chi connectivity index (χ2n) is 19.1. The molecule has 0 saturated carbocycles. The molecule has 5 heteroatoms. The van der Waals surface area contributed by atoms with Gasteiger partial charge in [-0.05, 0) is 122 Å². The molecule has 0 heterocycles. The lowest BCUT2D eigenvalue weighted by molar-refractivity contribution is -0.163. The topological polar surface area (TPSA) is 61.8 Å². The Kier molecular flexibility index (Phi) is 56.9. The van der Waals surface area contributed by atoms with Crippen LogP contribution in [0.15, 0.2) is 109 Å². The van der Waals surface area contributed by atoms with Crippen LogP contribution < -0.4 is 0 Å². The van der Waals surface area contributed by atoms with Crippen molar-refractivity contribution in [1.82, 2.24) is 0 Å². The average Bonchev–Trinajstić information content (AvgIpc) is 3.36. The minimum absolute atomic E-state index is 0.0658. The number of carbonyl (C=O) groups is 2. The van der Waals surface area contributed by atoms with Crippen LogP contribution in [0.25, 0.3) is 0 Å². The standard InChI is InChI=1S/C65H110O5/c1-4-7-10-13-16-19-22-25-28-31-33-35-37-40-43-46-49-52-55-58-64(66)69-62-63(61-68-60-57-54-51-48-45-42-39-36-32-29-26-23-20-17-14-11-8-5-2)70-65(67)59-56-53-50-47-44-41-38-34-30-27-24-21-18-15-12-9-6-3/h7,9-10,12,16-21,25-30,33,35,63H,4-6,8,11,13-15,22-24,31-32,34,36-62H2,1-3H3/b10-7-,12-9-,19-16-,20-17-,21-18-,28-25-,29-26-,30-27-,35-33-. The van der Waals surface area contributed by atoms with E-state index in [0.717, 1.165) is 116 Å². The van der Waals surface area contributed by atoms with E-state index in [1.807, 2.05) is 0 Å². The molecule has 0 amide bonds. The van der Waals surface area contributed by atoms with Crippen LogP contribution in [0.3, 0.4) is 0 Å². The molecule has 0 aliphatic rings. The molecule has 0 aromatic carbocycles. The van der Waals surface area contributed by atoms with Gasteiger partial charge in [-0.2, -0.15) is 0 Å². The summed E-state index contributed by atoms with van der Waals surface area (Å²) < 4.78 is 17.5. The van der Waals surface area contributed by atoms with Crippen LogP contribution in [0.5, 0.6) is 0 Å². The van der Waals surface area contributed by atoms with E-state index in [-0.39, 0.29) is 25.2 Å². The third-order valence-electron chi connectivity index (χ3n) is 12.3. The van der Waals surface area contributed by atoms with Crippen molar-refractivity contribution in [3.63, 3.8) is 0 Å². The van der Waals surface area contributed by atoms with E-state index < -0.39 is 6.10 Å². The summed E-state index contributed by atoms with van der Waals surface area (Å²) in [6.45, 7) is 7.56. The number of rotatable bonds is 53. The van der Waals surface area contributed by atoms with Gasteiger partial charge in [0.15, 0.2) is 6.10 Å². The summed E-state index contributed by atoms with van der Waals surface area (Å²) in [6.07, 6.45) is 82.5. The number of carbonyl (C=O) groups excluding carboxylic acids is 2. The SMILES string of the molecule is CC/C=C\C/C=C\C/C=C\C/C=C\CCCCCCCCC(=O)OCC(COCCCCCCCCCC/C=C\C/C=C\CCCCC)OC(=O)CCCCCCCCC/C=C\C/C=C\C/C=C\CC. The monoisotopic (exact) mass is 971 g/mol. The Morgan fingerprint density at radius 2 is 0.643 bits per heavy atom. The Labute approximate surface area is 434 Å². The second kappa shape index (κ2) is 59.9. The Morgan fingerprint density at radius 3 is 1.03 bits per heavy atom. The number of allylic oxidation sites excluding steroid dienone is 18. The number of ether oxygens (including phenoxy) is 3. The smallest absolute Gasteiger partial charge is 0.306 e. The van der Waals surface area contributed by atoms with E-state index >= 15 is 0 Å². The molecule has 0 radical (unpaired) electrons. The fourth-order valence-corrected chi connectivity index (χ4v) is 7.96. The summed E-state index contributed by atoms with van der Waals surface area (Å²) in [6, 6.07) is 0. The summed E-state index contributed by atoms with van der Waals surface area (Å²) in [7, 11) is 0. The van der Waals surface area contributed by atoms with Gasteiger partial charge in [-0.15, -0.1) is 0 Å². The molecule has 0 aromatic heterocycles. The van der Waals surface area contributed by atoms with Crippen LogP contribution in [-0.4, -0.2) is 37.9 Å². The van der Waals surface area contributed by atoms with Crippen molar-refractivity contribution < 1.29 is 23.8 Å². The Balaban J connectivity index is 4.35. The van der Waals surface area contributed by atoms with Crippen LogP contribution in [0, 0.1) is 0 Å². The van der Waals surface area contributed by atoms with Gasteiger partial charge in [-0.3, -0.25) is 9.59 Å². The van der Waals surface area contributed by atoms with Gasteiger partial charge in [0, 0.05) is 19.4 Å². The van der Waals surface area contributed by atoms with E-state index in [1.54, 1.807) is 0 Å². The highest BCUT2D eigenvalue weighted by Gasteiger charge is 2.17. The zero-order chi connectivity index (χ0) is 50.6. The maximum atomic E-state index is 12.9. The lowest BCUT2D eigenvalue weighted by Crippen LogP contribution is -2.30. The average molecular weight is 972 g/mol. The Hall–Kier alpha value is -3.44. The molecule has 0 aliphatic carbocycles. The minimum Gasteiger partial charge on any atom is -0.462 e. The van der Waals surface area contributed by atoms with Crippen molar-refractivity contribution >= 4 is 11.9 Å². The zero-order valence-corrected chi connectivity index (χ0v) is 46.0. The predicted octanol–water partition coefficient (Wildman–Crippen LogP) is 20.3. The fraction of sp³-hybridized carbons (Fsp3) is 0.692. The highest BCUT2D eigenvalue weighted by atomic mass is 16.6. The fourth-order valence-electron chi connectivity index (χ4n) is 7.96. The first-order valence-electron chi connectivity index (χ1n) is 29.4. The third-order valence-corrected chi connectivity index (χ3v) is 12.3. The van der Waals surface area contributed by atoms with E-state index in [4.69, 9.17) is 14.2 Å². The van der Waals surface area contributed by atoms with E-state index in [2.05, 4.69) is 130 Å². The van der Waals surface area contributed by atoms with Gasteiger partial charge < -0.3 is 14.2 Å². The second-order valence-corrected chi connectivity index (χ2v) is 19.1. The first-order chi connectivity index (χ1) is 34.6. The largest absolute Gasteiger partial charge is 0.462 e. The maximum Gasteiger partial charge on any atom is 0.306 e. The van der Waals surface area contributed by atoms with Gasteiger partial charge in [0.05, 0.1) is 6.61 Å². The number of unbranched alkanes of at least 4 members (excludes halogenated alkanes) is 24. The van der Waals surface area contributed by atoms with Crippen molar-refractivity contribution in [2.45, 2.75) is 271 Å². The van der Waals surface area contributed by atoms with Gasteiger partial charge >= 0.3 is 11.9 Å². The highest BCUT2D eigenvalue weighted by molar-refractivity contribution is 5.70. The van der Waals surface area contributed by atoms with Gasteiger partial charge in [0.2, 0.25) is 0 Å². The maximum absolute atomic E-state index is 12.9.